The standard InChI is InChI=1S/C23H30N4/c1-15-5-9-20(10-6-15)26-21-11-7-19(8-12-21)14-27-18(4)25-22-16(2)13-17(3)24-23(22)27/h7-8,11-13,15,20,26H,5-6,9-10,14H2,1-4H3. The maximum atomic E-state index is 4.74. The Morgan fingerprint density at radius 3 is 2.41 bits per heavy atom. The first-order chi connectivity index (χ1) is 13.0. The molecular formula is C23H30N4. The number of nitrogens with one attached hydrogen (secondary N) is 1. The van der Waals surface area contributed by atoms with Gasteiger partial charge in [-0.15, -0.1) is 0 Å². The number of hydrogen-bond donors (Lipinski definition) is 1. The zero-order valence-corrected chi connectivity index (χ0v) is 16.9. The number of aryl methyl sites for hydroxylation is 3. The Morgan fingerprint density at radius 1 is 1.00 bits per heavy atom. The van der Waals surface area contributed by atoms with Crippen LogP contribution in [0.15, 0.2) is 30.3 Å². The normalized spacial score (nSPS) is 20.1. The minimum absolute atomic E-state index is 0.627. The molecular weight excluding hydrogens is 332 g/mol. The molecule has 0 aliphatic heterocycles. The largest absolute Gasteiger partial charge is 0.382 e. The molecule has 142 valence electrons. The summed E-state index contributed by atoms with van der Waals surface area (Å²) in [6.07, 6.45) is 5.25. The zero-order chi connectivity index (χ0) is 19.0. The summed E-state index contributed by atoms with van der Waals surface area (Å²) >= 11 is 0. The van der Waals surface area contributed by atoms with Crippen LogP contribution in [0.4, 0.5) is 5.69 Å². The molecule has 0 radical (unpaired) electrons. The van der Waals surface area contributed by atoms with Crippen molar-refractivity contribution in [1.29, 1.82) is 0 Å². The van der Waals surface area contributed by atoms with Crippen molar-refractivity contribution < 1.29 is 0 Å². The molecule has 1 aliphatic carbocycles. The van der Waals surface area contributed by atoms with Gasteiger partial charge in [-0.1, -0.05) is 19.1 Å². The third kappa shape index (κ3) is 3.85. The van der Waals surface area contributed by atoms with Gasteiger partial charge < -0.3 is 9.88 Å². The molecule has 4 nitrogen and oxygen atoms in total. The van der Waals surface area contributed by atoms with Gasteiger partial charge in [-0.3, -0.25) is 0 Å². The van der Waals surface area contributed by atoms with Gasteiger partial charge in [0.05, 0.1) is 6.54 Å². The van der Waals surface area contributed by atoms with E-state index in [1.165, 1.54) is 42.5 Å². The van der Waals surface area contributed by atoms with E-state index in [1.807, 2.05) is 6.92 Å². The maximum Gasteiger partial charge on any atom is 0.160 e. The fourth-order valence-corrected chi connectivity index (χ4v) is 4.23. The van der Waals surface area contributed by atoms with Gasteiger partial charge in [0.15, 0.2) is 5.65 Å². The highest BCUT2D eigenvalue weighted by Gasteiger charge is 2.18. The van der Waals surface area contributed by atoms with E-state index in [9.17, 15) is 0 Å². The SMILES string of the molecule is Cc1cc(C)c2nc(C)n(Cc3ccc(NC4CCC(C)CC4)cc3)c2n1. The molecule has 4 heteroatoms. The lowest BCUT2D eigenvalue weighted by atomic mass is 9.87. The Morgan fingerprint density at radius 2 is 1.70 bits per heavy atom. The van der Waals surface area contributed by atoms with Crippen LogP contribution in [0, 0.1) is 26.7 Å². The van der Waals surface area contributed by atoms with Gasteiger partial charge in [0.1, 0.15) is 11.3 Å². The lowest BCUT2D eigenvalue weighted by molar-refractivity contribution is 0.361. The van der Waals surface area contributed by atoms with Gasteiger partial charge in [-0.25, -0.2) is 9.97 Å². The van der Waals surface area contributed by atoms with Crippen LogP contribution in [-0.2, 0) is 6.54 Å². The number of fused-ring (bicyclic) bond motifs is 1. The smallest absolute Gasteiger partial charge is 0.160 e. The van der Waals surface area contributed by atoms with Crippen molar-refractivity contribution in [3.8, 4) is 0 Å². The van der Waals surface area contributed by atoms with Gasteiger partial charge in [-0.05, 0) is 81.7 Å². The van der Waals surface area contributed by atoms with E-state index in [0.29, 0.717) is 6.04 Å². The van der Waals surface area contributed by atoms with E-state index in [2.05, 4.69) is 61.0 Å². The quantitative estimate of drug-likeness (QED) is 0.676. The van der Waals surface area contributed by atoms with Crippen LogP contribution in [0.3, 0.4) is 0 Å². The Kier molecular flexibility index (Phi) is 4.90. The van der Waals surface area contributed by atoms with Crippen LogP contribution in [0.5, 0.6) is 0 Å². The van der Waals surface area contributed by atoms with Gasteiger partial charge >= 0.3 is 0 Å². The maximum absolute atomic E-state index is 4.74. The van der Waals surface area contributed by atoms with Crippen LogP contribution >= 0.6 is 0 Å². The van der Waals surface area contributed by atoms with Crippen molar-refractivity contribution in [3.05, 3.63) is 53.0 Å². The molecule has 4 rings (SSSR count). The van der Waals surface area contributed by atoms with Crippen LogP contribution in [0.1, 0.15) is 55.3 Å². The molecule has 3 aromatic rings. The summed E-state index contributed by atoms with van der Waals surface area (Å²) in [6, 6.07) is 11.6. The minimum Gasteiger partial charge on any atom is -0.382 e. The number of benzene rings is 1. The number of imidazole rings is 1. The van der Waals surface area contributed by atoms with Crippen molar-refractivity contribution in [2.45, 2.75) is 66.0 Å². The molecule has 0 unspecified atom stereocenters. The third-order valence-corrected chi connectivity index (χ3v) is 5.89. The van der Waals surface area contributed by atoms with Gasteiger partial charge in [0.25, 0.3) is 0 Å². The van der Waals surface area contributed by atoms with Gasteiger partial charge in [0.2, 0.25) is 0 Å². The Balaban J connectivity index is 1.50. The highest BCUT2D eigenvalue weighted by Crippen LogP contribution is 2.26. The number of nitrogens with zero attached hydrogens (tertiary/aromatic N) is 3. The summed E-state index contributed by atoms with van der Waals surface area (Å²) in [6.45, 7) is 9.40. The first-order valence-electron chi connectivity index (χ1n) is 10.2. The van der Waals surface area contributed by atoms with E-state index in [1.54, 1.807) is 0 Å². The van der Waals surface area contributed by atoms with Crippen molar-refractivity contribution in [2.24, 2.45) is 5.92 Å². The molecule has 0 bridgehead atoms. The molecule has 2 aromatic heterocycles. The number of aromatic nitrogens is 3. The molecule has 0 saturated heterocycles. The van der Waals surface area contributed by atoms with E-state index in [0.717, 1.165) is 35.1 Å². The monoisotopic (exact) mass is 362 g/mol. The molecule has 1 saturated carbocycles. The highest BCUT2D eigenvalue weighted by atomic mass is 15.1. The number of pyridine rings is 1. The lowest BCUT2D eigenvalue weighted by Crippen LogP contribution is -2.25. The summed E-state index contributed by atoms with van der Waals surface area (Å²) in [7, 11) is 0. The predicted octanol–water partition coefficient (Wildman–Crippen LogP) is 5.40. The zero-order valence-electron chi connectivity index (χ0n) is 16.9. The van der Waals surface area contributed by atoms with Crippen LogP contribution in [0.25, 0.3) is 11.2 Å². The second kappa shape index (κ2) is 7.34. The first kappa shape index (κ1) is 18.0. The predicted molar refractivity (Wildman–Crippen MR) is 112 cm³/mol. The summed E-state index contributed by atoms with van der Waals surface area (Å²) in [4.78, 5) is 9.48. The molecule has 0 amide bonds. The topological polar surface area (TPSA) is 42.7 Å². The summed E-state index contributed by atoms with van der Waals surface area (Å²) in [5, 5.41) is 3.71. The molecule has 1 aromatic carbocycles. The molecule has 2 heterocycles. The number of rotatable bonds is 4. The summed E-state index contributed by atoms with van der Waals surface area (Å²) in [5.41, 5.74) is 6.76. The van der Waals surface area contributed by atoms with Gasteiger partial charge in [0, 0.05) is 17.4 Å². The van der Waals surface area contributed by atoms with Gasteiger partial charge in [-0.2, -0.15) is 0 Å². The minimum atomic E-state index is 0.627. The van der Waals surface area contributed by atoms with E-state index < -0.39 is 0 Å². The second-order valence-electron chi connectivity index (χ2n) is 8.30. The van der Waals surface area contributed by atoms with Crippen LogP contribution in [0.2, 0.25) is 0 Å². The Hall–Kier alpha value is -2.36. The molecule has 0 atom stereocenters. The van der Waals surface area contributed by atoms with Crippen LogP contribution < -0.4 is 5.32 Å². The average Bonchev–Trinajstić information content (AvgIpc) is 2.95. The van der Waals surface area contributed by atoms with E-state index in [-0.39, 0.29) is 0 Å². The van der Waals surface area contributed by atoms with E-state index in [4.69, 9.17) is 9.97 Å². The molecule has 27 heavy (non-hydrogen) atoms. The van der Waals surface area contributed by atoms with Crippen molar-refractivity contribution in [1.82, 2.24) is 14.5 Å². The average molecular weight is 363 g/mol. The fourth-order valence-electron chi connectivity index (χ4n) is 4.23. The highest BCUT2D eigenvalue weighted by molar-refractivity contribution is 5.76. The second-order valence-corrected chi connectivity index (χ2v) is 8.30. The van der Waals surface area contributed by atoms with Crippen molar-refractivity contribution in [2.75, 3.05) is 5.32 Å². The molecule has 1 aliphatic rings. The number of hydrogen-bond acceptors (Lipinski definition) is 3. The first-order valence-corrected chi connectivity index (χ1v) is 10.2. The Labute approximate surface area is 162 Å². The van der Waals surface area contributed by atoms with Crippen molar-refractivity contribution >= 4 is 16.9 Å². The number of anilines is 1. The summed E-state index contributed by atoms with van der Waals surface area (Å²) < 4.78 is 2.22. The Bertz CT molecular complexity index is 931. The van der Waals surface area contributed by atoms with Crippen molar-refractivity contribution in [3.63, 3.8) is 0 Å². The summed E-state index contributed by atoms with van der Waals surface area (Å²) in [5.74, 6) is 1.91. The molecule has 1 N–H and O–H groups in total. The van der Waals surface area contributed by atoms with Crippen LogP contribution in [-0.4, -0.2) is 20.6 Å². The van der Waals surface area contributed by atoms with E-state index >= 15 is 0 Å². The molecule has 1 fully saturated rings. The fraction of sp³-hybridized carbons (Fsp3) is 0.478. The lowest BCUT2D eigenvalue weighted by Gasteiger charge is -2.27. The third-order valence-electron chi connectivity index (χ3n) is 5.89. The molecule has 0 spiro atoms.